The van der Waals surface area contributed by atoms with Gasteiger partial charge in [-0.2, -0.15) is 12.7 Å². The van der Waals surface area contributed by atoms with Crippen LogP contribution in [0.1, 0.15) is 62.7 Å². The number of piperazine rings is 1. The summed E-state index contributed by atoms with van der Waals surface area (Å²) >= 11 is 0. The highest BCUT2D eigenvalue weighted by atomic mass is 32.2. The Hall–Kier alpha value is -4.05. The van der Waals surface area contributed by atoms with E-state index in [4.69, 9.17) is 13.9 Å². The molecular weight excluding hydrogens is 669 g/mol. The molecule has 0 radical (unpaired) electrons. The van der Waals surface area contributed by atoms with Gasteiger partial charge in [0.25, 0.3) is 11.8 Å². The minimum atomic E-state index is -4.17. The first-order chi connectivity index (χ1) is 23.7. The number of benzene rings is 2. The molecule has 15 heteroatoms. The van der Waals surface area contributed by atoms with Gasteiger partial charge in [0.2, 0.25) is 0 Å². The van der Waals surface area contributed by atoms with Gasteiger partial charge in [-0.25, -0.2) is 13.9 Å². The summed E-state index contributed by atoms with van der Waals surface area (Å²) in [4.78, 5) is 46.2. The van der Waals surface area contributed by atoms with E-state index < -0.39 is 33.5 Å². The van der Waals surface area contributed by atoms with E-state index in [2.05, 4.69) is 22.9 Å². The third-order valence-electron chi connectivity index (χ3n) is 10.1. The third-order valence-corrected chi connectivity index (χ3v) is 11.6. The fraction of sp³-hybridized carbons (Fsp3) is 0.514. The molecule has 1 N–H and O–H groups in total. The van der Waals surface area contributed by atoms with Gasteiger partial charge in [-0.1, -0.05) is 0 Å². The van der Waals surface area contributed by atoms with Gasteiger partial charge in [0.1, 0.15) is 17.1 Å². The average Bonchev–Trinajstić information content (AvgIpc) is 3.93. The normalized spacial score (nSPS) is 18.4. The number of halogens is 1. The maximum Gasteiger partial charge on any atom is 0.341 e. The average molecular weight is 714 g/mol. The highest BCUT2D eigenvalue weighted by Gasteiger charge is 2.36. The van der Waals surface area contributed by atoms with Crippen LogP contribution in [0.25, 0.3) is 11.0 Å². The van der Waals surface area contributed by atoms with Crippen LogP contribution in [0.3, 0.4) is 0 Å². The summed E-state index contributed by atoms with van der Waals surface area (Å²) in [5.74, 6) is -2.95. The van der Waals surface area contributed by atoms with Crippen molar-refractivity contribution < 1.29 is 36.3 Å². The Morgan fingerprint density at radius 3 is 2.52 bits per heavy atom. The molecular formula is C35H44FN5O8S. The maximum atomic E-state index is 15.6. The van der Waals surface area contributed by atoms with Gasteiger partial charge in [-0.15, -0.1) is 0 Å². The lowest BCUT2D eigenvalue weighted by molar-refractivity contribution is 0.0726. The number of likely N-dealkylation sites (N-methyl/N-ethyl adjacent to an activating group) is 1. The third kappa shape index (κ3) is 6.71. The number of nitrogens with one attached hydrogen (secondary N) is 1. The fourth-order valence-electron chi connectivity index (χ4n) is 7.01. The first-order valence-corrected chi connectivity index (χ1v) is 18.3. The summed E-state index contributed by atoms with van der Waals surface area (Å²) in [6.07, 6.45) is 1.72. The van der Waals surface area contributed by atoms with Crippen molar-refractivity contribution in [3.8, 4) is 5.75 Å². The molecule has 6 rings (SSSR count). The Morgan fingerprint density at radius 1 is 1.10 bits per heavy atom. The van der Waals surface area contributed by atoms with Crippen molar-refractivity contribution in [1.82, 2.24) is 18.8 Å². The number of methoxy groups -OCH3 is 1. The molecule has 1 aliphatic carbocycles. The predicted octanol–water partition coefficient (Wildman–Crippen LogP) is 2.98. The van der Waals surface area contributed by atoms with Crippen LogP contribution in [0.4, 0.5) is 10.1 Å². The number of amides is 2. The number of ether oxygens (including phenoxy) is 2. The van der Waals surface area contributed by atoms with Crippen molar-refractivity contribution >= 4 is 38.7 Å². The van der Waals surface area contributed by atoms with Gasteiger partial charge in [0.15, 0.2) is 0 Å². The largest absolute Gasteiger partial charge is 0.493 e. The topological polar surface area (TPSA) is 142 Å². The van der Waals surface area contributed by atoms with Gasteiger partial charge in [-0.3, -0.25) is 14.5 Å². The monoisotopic (exact) mass is 713 g/mol. The van der Waals surface area contributed by atoms with Crippen LogP contribution in [0, 0.1) is 19.7 Å². The van der Waals surface area contributed by atoms with E-state index in [-0.39, 0.29) is 48.7 Å². The minimum Gasteiger partial charge on any atom is -0.493 e. The van der Waals surface area contributed by atoms with E-state index in [1.807, 2.05) is 18.6 Å². The molecule has 13 nitrogen and oxygen atoms in total. The molecule has 2 aromatic carbocycles. The van der Waals surface area contributed by atoms with E-state index in [1.54, 1.807) is 14.0 Å². The van der Waals surface area contributed by atoms with Crippen LogP contribution < -0.4 is 20.0 Å². The Balaban J connectivity index is 1.27. The van der Waals surface area contributed by atoms with Crippen molar-refractivity contribution in [2.45, 2.75) is 58.7 Å². The Morgan fingerprint density at radius 2 is 1.84 bits per heavy atom. The summed E-state index contributed by atoms with van der Waals surface area (Å²) in [6.45, 7) is 8.83. The van der Waals surface area contributed by atoms with Gasteiger partial charge >= 0.3 is 15.8 Å². The molecule has 3 heterocycles. The van der Waals surface area contributed by atoms with E-state index >= 15 is 4.39 Å². The Bertz CT molecular complexity index is 2010. The molecule has 270 valence electrons. The van der Waals surface area contributed by atoms with Crippen LogP contribution in [-0.4, -0.2) is 107 Å². The number of hydrogen-bond donors (Lipinski definition) is 1. The summed E-state index contributed by atoms with van der Waals surface area (Å²) in [7, 11) is 0.983. The second-order valence-corrected chi connectivity index (χ2v) is 15.1. The minimum absolute atomic E-state index is 0.0719. The zero-order valence-corrected chi connectivity index (χ0v) is 30.1. The molecule has 3 aliphatic rings. The number of carbonyl (C=O) groups excluding carboxylic acids is 2. The van der Waals surface area contributed by atoms with Crippen LogP contribution in [0.5, 0.6) is 5.75 Å². The second kappa shape index (κ2) is 13.9. The molecule has 1 saturated carbocycles. The molecule has 1 atom stereocenters. The van der Waals surface area contributed by atoms with Crippen molar-refractivity contribution in [1.29, 1.82) is 0 Å². The van der Waals surface area contributed by atoms with E-state index in [9.17, 15) is 22.8 Å². The summed E-state index contributed by atoms with van der Waals surface area (Å²) in [5.41, 5.74) is 3.21. The molecule has 2 aliphatic heterocycles. The van der Waals surface area contributed by atoms with Crippen molar-refractivity contribution in [2.75, 3.05) is 65.5 Å². The van der Waals surface area contributed by atoms with E-state index in [0.717, 1.165) is 63.8 Å². The number of carbonyl (C=O) groups is 2. The quantitative estimate of drug-likeness (QED) is 0.312. The Labute approximate surface area is 291 Å². The van der Waals surface area contributed by atoms with Crippen LogP contribution in [0.15, 0.2) is 27.4 Å². The zero-order valence-electron chi connectivity index (χ0n) is 29.3. The van der Waals surface area contributed by atoms with E-state index in [1.165, 1.54) is 11.9 Å². The Kier molecular flexibility index (Phi) is 9.96. The molecule has 1 aromatic heterocycles. The lowest BCUT2D eigenvalue weighted by Gasteiger charge is -2.41. The predicted molar refractivity (Wildman–Crippen MR) is 186 cm³/mol. The highest BCUT2D eigenvalue weighted by Crippen LogP contribution is 2.36. The van der Waals surface area contributed by atoms with Gasteiger partial charge in [0.05, 0.1) is 42.5 Å². The van der Waals surface area contributed by atoms with Gasteiger partial charge in [-0.05, 0) is 76.4 Å². The lowest BCUT2D eigenvalue weighted by atomic mass is 9.92. The first-order valence-electron chi connectivity index (χ1n) is 16.8. The number of anilines is 1. The van der Waals surface area contributed by atoms with Gasteiger partial charge in [0, 0.05) is 63.0 Å². The SMILES string of the molecule is CCOc1cc(C(=O)N2CCc3c(c(=O)oc4c(C)c(N5CCN(C)[C@@H](COC)C5)cc(C)c34)C2)c(F)cc1C(=O)NS(=O)(=O)N(C)C1CC1. The second-order valence-electron chi connectivity index (χ2n) is 13.3. The molecule has 2 amide bonds. The molecule has 0 unspecified atom stereocenters. The number of aryl methyl sites for hydroxylation is 2. The van der Waals surface area contributed by atoms with Crippen molar-refractivity contribution in [3.05, 3.63) is 67.8 Å². The summed E-state index contributed by atoms with van der Waals surface area (Å²) in [5, 5.41) is 0.845. The zero-order chi connectivity index (χ0) is 36.1. The smallest absolute Gasteiger partial charge is 0.341 e. The standard InChI is InChI=1S/C35H44FN5O8S/c1-7-48-30-16-25(28(36)15-26(30)33(42)37-50(45,46)39(5)22-8-9-22)34(43)41-11-10-24-27(18-41)35(44)49-32-21(3)29(14-20(2)31(24)32)40-13-12-38(4)23(17-40)19-47-6/h14-16,22-23H,7-13,17-19H2,1-6H3,(H,37,42)/t23-/m1/s1. The van der Waals surface area contributed by atoms with Crippen LogP contribution in [0.2, 0.25) is 0 Å². The molecule has 1 saturated heterocycles. The van der Waals surface area contributed by atoms with Crippen molar-refractivity contribution in [2.24, 2.45) is 0 Å². The molecule has 50 heavy (non-hydrogen) atoms. The molecule has 0 bridgehead atoms. The summed E-state index contributed by atoms with van der Waals surface area (Å²) < 4.78 is 61.0. The van der Waals surface area contributed by atoms with Crippen LogP contribution in [-0.2, 0) is 27.9 Å². The van der Waals surface area contributed by atoms with Gasteiger partial charge < -0.3 is 23.7 Å². The summed E-state index contributed by atoms with van der Waals surface area (Å²) in [6, 6.07) is 4.07. The number of rotatable bonds is 10. The lowest BCUT2D eigenvalue weighted by Crippen LogP contribution is -2.53. The molecule has 2 fully saturated rings. The first kappa shape index (κ1) is 35.8. The molecule has 3 aromatic rings. The number of nitrogens with zero attached hydrogens (tertiary/aromatic N) is 4. The van der Waals surface area contributed by atoms with Crippen molar-refractivity contribution in [3.63, 3.8) is 0 Å². The number of hydrogen-bond acceptors (Lipinski definition) is 10. The molecule has 0 spiro atoms. The number of fused-ring (bicyclic) bond motifs is 3. The van der Waals surface area contributed by atoms with Crippen LogP contribution >= 0.6 is 0 Å². The fourth-order valence-corrected chi connectivity index (χ4v) is 8.10. The van der Waals surface area contributed by atoms with E-state index in [0.29, 0.717) is 37.0 Å². The highest BCUT2D eigenvalue weighted by molar-refractivity contribution is 7.87. The maximum absolute atomic E-state index is 15.6.